The van der Waals surface area contributed by atoms with E-state index < -0.39 is 18.0 Å². The van der Waals surface area contributed by atoms with Gasteiger partial charge in [-0.3, -0.25) is 9.13 Å². The molecule has 28 heavy (non-hydrogen) atoms. The van der Waals surface area contributed by atoms with Gasteiger partial charge in [0.05, 0.1) is 23.2 Å². The van der Waals surface area contributed by atoms with E-state index in [4.69, 9.17) is 0 Å². The number of hydrogen-bond acceptors (Lipinski definition) is 3. The molecule has 0 radical (unpaired) electrons. The maximum absolute atomic E-state index is 14.0. The van der Waals surface area contributed by atoms with Crippen molar-refractivity contribution in [2.24, 2.45) is 0 Å². The highest BCUT2D eigenvalue weighted by molar-refractivity contribution is 5.85. The van der Waals surface area contributed by atoms with E-state index in [9.17, 15) is 14.3 Å². The Morgan fingerprint density at radius 2 is 1.75 bits per heavy atom. The molecule has 0 aliphatic heterocycles. The highest BCUT2D eigenvalue weighted by Crippen LogP contribution is 2.27. The molecule has 2 N–H and O–H groups in total. The molecule has 1 heterocycles. The molecule has 3 rings (SSSR count). The van der Waals surface area contributed by atoms with Gasteiger partial charge >= 0.3 is 5.69 Å². The van der Waals surface area contributed by atoms with Gasteiger partial charge in [-0.1, -0.05) is 37.3 Å². The summed E-state index contributed by atoms with van der Waals surface area (Å²) in [5.41, 5.74) is 1.69. The van der Waals surface area contributed by atoms with Gasteiger partial charge in [0, 0.05) is 12.6 Å². The summed E-state index contributed by atoms with van der Waals surface area (Å²) in [4.78, 5) is 13.3. The van der Waals surface area contributed by atoms with Gasteiger partial charge in [0.15, 0.2) is 0 Å². The van der Waals surface area contributed by atoms with Gasteiger partial charge in [0.2, 0.25) is 0 Å². The number of aliphatic hydroxyl groups is 1. The second kappa shape index (κ2) is 9.37. The molecule has 3 aromatic rings. The number of nitrogens with zero attached hydrogens (tertiary/aromatic N) is 2. The molecule has 5 nitrogen and oxygen atoms in total. The van der Waals surface area contributed by atoms with Gasteiger partial charge in [-0.05, 0) is 44.2 Å². The minimum atomic E-state index is -0.848. The van der Waals surface area contributed by atoms with Gasteiger partial charge in [0.25, 0.3) is 0 Å². The lowest BCUT2D eigenvalue weighted by Gasteiger charge is -2.25. The monoisotopic (exact) mass is 407 g/mol. The van der Waals surface area contributed by atoms with E-state index in [2.05, 4.69) is 5.32 Å². The van der Waals surface area contributed by atoms with Crippen LogP contribution >= 0.6 is 12.4 Å². The third kappa shape index (κ3) is 4.14. The predicted octanol–water partition coefficient (Wildman–Crippen LogP) is 3.50. The summed E-state index contributed by atoms with van der Waals surface area (Å²) >= 11 is 0. The zero-order chi connectivity index (χ0) is 19.6. The van der Waals surface area contributed by atoms with Crippen LogP contribution in [0.25, 0.3) is 11.0 Å². The van der Waals surface area contributed by atoms with Crippen LogP contribution in [0.1, 0.15) is 38.4 Å². The number of aliphatic hydroxyl groups excluding tert-OH is 1. The van der Waals surface area contributed by atoms with Gasteiger partial charge < -0.3 is 10.4 Å². The Balaban J connectivity index is 0.00000280. The van der Waals surface area contributed by atoms with E-state index in [0.717, 1.165) is 5.56 Å². The van der Waals surface area contributed by atoms with E-state index in [-0.39, 0.29) is 24.1 Å². The van der Waals surface area contributed by atoms with E-state index in [1.165, 1.54) is 16.7 Å². The topological polar surface area (TPSA) is 59.2 Å². The summed E-state index contributed by atoms with van der Waals surface area (Å²) in [6.45, 7) is 6.82. The lowest BCUT2D eigenvalue weighted by atomic mass is 10.0. The fourth-order valence-corrected chi connectivity index (χ4v) is 3.58. The van der Waals surface area contributed by atoms with Crippen LogP contribution in [0.4, 0.5) is 4.39 Å². The summed E-state index contributed by atoms with van der Waals surface area (Å²) in [5.74, 6) is -0.412. The van der Waals surface area contributed by atoms with Crippen molar-refractivity contribution in [3.05, 3.63) is 70.4 Å². The van der Waals surface area contributed by atoms with Gasteiger partial charge in [0.1, 0.15) is 5.82 Å². The molecule has 0 saturated heterocycles. The molecular weight excluding hydrogens is 381 g/mol. The summed E-state index contributed by atoms with van der Waals surface area (Å²) in [6.07, 6.45) is -0.848. The molecule has 0 aliphatic rings. The normalized spacial score (nSPS) is 13.5. The van der Waals surface area contributed by atoms with E-state index >= 15 is 0 Å². The molecule has 0 saturated carbocycles. The van der Waals surface area contributed by atoms with Crippen molar-refractivity contribution in [1.82, 2.24) is 14.5 Å². The van der Waals surface area contributed by atoms with Gasteiger partial charge in [-0.15, -0.1) is 12.4 Å². The summed E-state index contributed by atoms with van der Waals surface area (Å²) in [7, 11) is 0. The third-order valence-corrected chi connectivity index (χ3v) is 4.77. The first-order chi connectivity index (χ1) is 13.0. The Morgan fingerprint density at radius 3 is 2.36 bits per heavy atom. The van der Waals surface area contributed by atoms with E-state index in [0.29, 0.717) is 24.1 Å². The molecule has 2 atom stereocenters. The maximum atomic E-state index is 14.0. The van der Waals surface area contributed by atoms with Crippen LogP contribution in [-0.2, 0) is 0 Å². The summed E-state index contributed by atoms with van der Waals surface area (Å²) in [6, 6.07) is 13.0. The molecule has 0 bridgehead atoms. The van der Waals surface area contributed by atoms with Crippen LogP contribution < -0.4 is 11.0 Å². The number of rotatable bonds is 7. The number of nitrogens with one attached hydrogen (secondary N) is 1. The van der Waals surface area contributed by atoms with Crippen molar-refractivity contribution in [3.63, 3.8) is 0 Å². The molecule has 1 aromatic heterocycles. The molecule has 0 amide bonds. The van der Waals surface area contributed by atoms with Gasteiger partial charge in [-0.25, -0.2) is 9.18 Å². The number of halogens is 2. The highest BCUT2D eigenvalue weighted by Gasteiger charge is 2.28. The first kappa shape index (κ1) is 22.1. The number of likely N-dealkylation sites (N-methyl/N-ethyl adjacent to an activating group) is 1. The van der Waals surface area contributed by atoms with Crippen LogP contribution in [-0.4, -0.2) is 33.4 Å². The number of fused-ring (bicyclic) bond motifs is 1. The van der Waals surface area contributed by atoms with E-state index in [1.807, 2.05) is 51.1 Å². The van der Waals surface area contributed by atoms with Crippen molar-refractivity contribution in [2.45, 2.75) is 39.0 Å². The smallest absolute Gasteiger partial charge is 0.330 e. The van der Waals surface area contributed by atoms with Crippen molar-refractivity contribution in [3.8, 4) is 0 Å². The first-order valence-electron chi connectivity index (χ1n) is 9.31. The first-order valence-corrected chi connectivity index (χ1v) is 9.31. The highest BCUT2D eigenvalue weighted by atomic mass is 35.5. The maximum Gasteiger partial charge on any atom is 0.330 e. The van der Waals surface area contributed by atoms with Crippen LogP contribution in [0, 0.1) is 5.82 Å². The fourth-order valence-electron chi connectivity index (χ4n) is 3.58. The van der Waals surface area contributed by atoms with E-state index in [1.54, 1.807) is 10.6 Å². The minimum absolute atomic E-state index is 0. The molecule has 0 aliphatic carbocycles. The summed E-state index contributed by atoms with van der Waals surface area (Å²) < 4.78 is 17.2. The average Bonchev–Trinajstić information content (AvgIpc) is 2.93. The number of imidazole rings is 1. The Bertz CT molecular complexity index is 969. The quantitative estimate of drug-likeness (QED) is 0.630. The number of benzene rings is 2. The molecule has 0 unspecified atom stereocenters. The van der Waals surface area contributed by atoms with Crippen molar-refractivity contribution < 1.29 is 9.50 Å². The molecule has 0 spiro atoms. The van der Waals surface area contributed by atoms with Gasteiger partial charge in [-0.2, -0.15) is 0 Å². The molecule has 152 valence electrons. The number of aromatic nitrogens is 2. The Morgan fingerprint density at radius 1 is 1.07 bits per heavy atom. The van der Waals surface area contributed by atoms with Crippen molar-refractivity contribution in [1.29, 1.82) is 0 Å². The predicted molar refractivity (Wildman–Crippen MR) is 113 cm³/mol. The Labute approximate surface area is 170 Å². The standard InChI is InChI=1S/C21H26FN3O2.ClH/c1-4-23-13-19(26)20(15-8-6-5-7-9-15)25-18-12-16(22)10-11-17(18)24(14(2)3)21(25)27;/h5-12,14,19-20,23,26H,4,13H2,1-3H3;1H/t19-,20+;/m1./s1. The molecule has 2 aromatic carbocycles. The molecule has 0 fully saturated rings. The van der Waals surface area contributed by atoms with Crippen LogP contribution in [0.15, 0.2) is 53.3 Å². The Hall–Kier alpha value is -2.15. The lowest BCUT2D eigenvalue weighted by molar-refractivity contribution is 0.128. The second-order valence-electron chi connectivity index (χ2n) is 6.98. The zero-order valence-electron chi connectivity index (χ0n) is 16.3. The molecular formula is C21H27ClFN3O2. The second-order valence-corrected chi connectivity index (χ2v) is 6.98. The molecule has 7 heteroatoms. The Kier molecular flexibility index (Phi) is 7.41. The number of hydrogen-bond donors (Lipinski definition) is 2. The minimum Gasteiger partial charge on any atom is -0.389 e. The van der Waals surface area contributed by atoms with Crippen molar-refractivity contribution >= 4 is 23.4 Å². The zero-order valence-corrected chi connectivity index (χ0v) is 17.1. The fraction of sp³-hybridized carbons (Fsp3) is 0.381. The van der Waals surface area contributed by atoms with Crippen LogP contribution in [0.2, 0.25) is 0 Å². The van der Waals surface area contributed by atoms with Crippen LogP contribution in [0.3, 0.4) is 0 Å². The SMILES string of the molecule is CCNC[C@@H](O)[C@H](c1ccccc1)n1c(=O)n(C(C)C)c2ccc(F)cc21.Cl. The third-order valence-electron chi connectivity index (χ3n) is 4.77. The van der Waals surface area contributed by atoms with Crippen molar-refractivity contribution in [2.75, 3.05) is 13.1 Å². The largest absolute Gasteiger partial charge is 0.389 e. The van der Waals surface area contributed by atoms with Crippen LogP contribution in [0.5, 0.6) is 0 Å². The average molecular weight is 408 g/mol. The summed E-state index contributed by atoms with van der Waals surface area (Å²) in [5, 5.41) is 14.1. The lowest BCUT2D eigenvalue weighted by Crippen LogP contribution is -2.39.